The maximum Gasteiger partial charge on any atom is 0 e. The Labute approximate surface area is 162 Å². The molecule has 0 saturated carbocycles. The van der Waals surface area contributed by atoms with Gasteiger partial charge in [0.15, 0.2) is 0 Å². The zero-order chi connectivity index (χ0) is 12.5. The van der Waals surface area contributed by atoms with Crippen LogP contribution >= 0.6 is 0 Å². The summed E-state index contributed by atoms with van der Waals surface area (Å²) in [6.07, 6.45) is 6.73. The van der Waals surface area contributed by atoms with Crippen molar-refractivity contribution < 1.29 is 65.4 Å². The van der Waals surface area contributed by atoms with Crippen LogP contribution in [0.3, 0.4) is 0 Å². The molecule has 0 aliphatic heterocycles. The van der Waals surface area contributed by atoms with E-state index in [4.69, 9.17) is 0 Å². The molecule has 18 heavy (non-hydrogen) atoms. The second kappa shape index (κ2) is 30.5. The molecule has 0 bridgehead atoms. The van der Waals surface area contributed by atoms with Gasteiger partial charge < -0.3 is 9.97 Å². The number of nitrogens with zero attached hydrogens (tertiary/aromatic N) is 2. The smallest absolute Gasteiger partial charge is 0 e. The van der Waals surface area contributed by atoms with Gasteiger partial charge in [-0.3, -0.25) is 0 Å². The van der Waals surface area contributed by atoms with Crippen LogP contribution in [0.2, 0.25) is 0 Å². The fourth-order valence-corrected chi connectivity index (χ4v) is 0.555. The fraction of sp³-hybridized carbons (Fsp3) is 0.286. The topological polar surface area (TPSA) is 25.8 Å². The molecule has 0 aliphatic rings. The van der Waals surface area contributed by atoms with Crippen molar-refractivity contribution in [3.63, 3.8) is 0 Å². The predicted molar refractivity (Wildman–Crippen MR) is 68.8 cm³/mol. The van der Waals surface area contributed by atoms with E-state index in [-0.39, 0.29) is 65.4 Å². The van der Waals surface area contributed by atoms with Crippen LogP contribution in [0.1, 0.15) is 27.7 Å². The number of aromatic nitrogens is 2. The first kappa shape index (κ1) is 27.0. The van der Waals surface area contributed by atoms with Gasteiger partial charge in [0.25, 0.3) is 0 Å². The van der Waals surface area contributed by atoms with Crippen LogP contribution in [-0.4, -0.2) is 9.97 Å². The van der Waals surface area contributed by atoms with Crippen molar-refractivity contribution in [1.82, 2.24) is 9.97 Å². The first-order chi connectivity index (χ1) is 8.00. The summed E-state index contributed by atoms with van der Waals surface area (Å²) in [4.78, 5) is 7.48. The quantitative estimate of drug-likeness (QED) is 0.636. The second-order valence-corrected chi connectivity index (χ2v) is 1.90. The standard InChI is InChI=1S/2C5H4N.2C2H6.2Y/c2*1-2-4-6-5-3-1;2*1-2;;/h2-5H;1-2,4-5H;2*1-2H3;;/q2*-1;;;;. The molecule has 2 rings (SSSR count). The minimum absolute atomic E-state index is 0. The minimum Gasteiger partial charge on any atom is -0.391 e. The van der Waals surface area contributed by atoms with Gasteiger partial charge in [0, 0.05) is 65.4 Å². The monoisotopic (exact) mass is 394 g/mol. The zero-order valence-corrected chi connectivity index (χ0v) is 17.3. The molecule has 2 aromatic rings. The van der Waals surface area contributed by atoms with E-state index >= 15 is 0 Å². The molecule has 0 saturated heterocycles. The van der Waals surface area contributed by atoms with Crippen molar-refractivity contribution in [2.45, 2.75) is 27.7 Å². The maximum atomic E-state index is 3.75. The van der Waals surface area contributed by atoms with E-state index in [0.717, 1.165) is 0 Å². The Bertz CT molecular complexity index is 193. The van der Waals surface area contributed by atoms with E-state index in [9.17, 15) is 0 Å². The average molecular weight is 394 g/mol. The maximum absolute atomic E-state index is 3.75. The first-order valence-electron chi connectivity index (χ1n) is 5.52. The van der Waals surface area contributed by atoms with Crippen molar-refractivity contribution in [3.05, 3.63) is 61.2 Å². The van der Waals surface area contributed by atoms with Gasteiger partial charge in [0.05, 0.1) is 0 Å². The minimum atomic E-state index is 0. The van der Waals surface area contributed by atoms with Gasteiger partial charge >= 0.3 is 0 Å². The third-order valence-electron chi connectivity index (χ3n) is 1.03. The van der Waals surface area contributed by atoms with Gasteiger partial charge in [0.2, 0.25) is 0 Å². The molecule has 0 fully saturated rings. The molecule has 2 aromatic heterocycles. The summed E-state index contributed by atoms with van der Waals surface area (Å²) >= 11 is 0. The van der Waals surface area contributed by atoms with Gasteiger partial charge in [-0.05, 0) is 0 Å². The van der Waals surface area contributed by atoms with E-state index in [1.54, 1.807) is 36.9 Å². The number of hydrogen-bond acceptors (Lipinski definition) is 2. The van der Waals surface area contributed by atoms with Crippen molar-refractivity contribution in [3.8, 4) is 0 Å². The van der Waals surface area contributed by atoms with Gasteiger partial charge in [-0.25, -0.2) is 12.1 Å². The third-order valence-corrected chi connectivity index (χ3v) is 1.03. The van der Waals surface area contributed by atoms with Gasteiger partial charge in [-0.15, -0.1) is 0 Å². The van der Waals surface area contributed by atoms with E-state index < -0.39 is 0 Å². The molecule has 0 N–H and O–H groups in total. The summed E-state index contributed by atoms with van der Waals surface area (Å²) in [6.45, 7) is 8.00. The van der Waals surface area contributed by atoms with Crippen LogP contribution in [0.4, 0.5) is 0 Å². The Morgan fingerprint density at radius 1 is 0.667 bits per heavy atom. The molecule has 2 heterocycles. The van der Waals surface area contributed by atoms with E-state index in [0.29, 0.717) is 0 Å². The normalized spacial score (nSPS) is 6.00. The van der Waals surface area contributed by atoms with Crippen LogP contribution in [0.5, 0.6) is 0 Å². The molecule has 0 unspecified atom stereocenters. The molecule has 0 atom stereocenters. The van der Waals surface area contributed by atoms with Crippen molar-refractivity contribution in [2.75, 3.05) is 0 Å². The Morgan fingerprint density at radius 3 is 1.33 bits per heavy atom. The molecule has 0 amide bonds. The number of hydrogen-bond donors (Lipinski definition) is 0. The Morgan fingerprint density at radius 2 is 1.22 bits per heavy atom. The van der Waals surface area contributed by atoms with E-state index in [1.807, 2.05) is 39.8 Å². The summed E-state index contributed by atoms with van der Waals surface area (Å²) in [5.41, 5.74) is 0. The van der Waals surface area contributed by atoms with Crippen LogP contribution < -0.4 is 0 Å². The third kappa shape index (κ3) is 25.4. The van der Waals surface area contributed by atoms with Crippen LogP contribution in [-0.2, 0) is 65.4 Å². The van der Waals surface area contributed by atoms with E-state index in [2.05, 4.69) is 22.1 Å². The Kier molecular flexibility index (Phi) is 45.7. The van der Waals surface area contributed by atoms with Gasteiger partial charge in [-0.2, -0.15) is 24.3 Å². The predicted octanol–water partition coefficient (Wildman–Crippen LogP) is 3.81. The number of rotatable bonds is 0. The fourth-order valence-electron chi connectivity index (χ4n) is 0.555. The van der Waals surface area contributed by atoms with Crippen molar-refractivity contribution in [2.24, 2.45) is 0 Å². The molecular weight excluding hydrogens is 374 g/mol. The van der Waals surface area contributed by atoms with Crippen LogP contribution in [0.25, 0.3) is 0 Å². The van der Waals surface area contributed by atoms with Crippen LogP contribution in [0.15, 0.2) is 49.1 Å². The average Bonchev–Trinajstić information content (AvgIpc) is 2.48. The molecule has 2 nitrogen and oxygen atoms in total. The molecule has 94 valence electrons. The Balaban J connectivity index is -0.0000000787. The summed E-state index contributed by atoms with van der Waals surface area (Å²) in [5.74, 6) is 0. The summed E-state index contributed by atoms with van der Waals surface area (Å²) in [7, 11) is 0. The van der Waals surface area contributed by atoms with Crippen LogP contribution in [0, 0.1) is 12.1 Å². The largest absolute Gasteiger partial charge is 0.391 e. The first-order valence-corrected chi connectivity index (χ1v) is 5.52. The van der Waals surface area contributed by atoms with Crippen molar-refractivity contribution >= 4 is 0 Å². The zero-order valence-electron chi connectivity index (χ0n) is 11.7. The molecule has 0 aliphatic carbocycles. The Hall–Kier alpha value is 0.508. The SMILES string of the molecule is CC.CC.[Y].[Y].[c-]1cccnc1.[c-]1ccncc1. The number of pyridine rings is 2. The summed E-state index contributed by atoms with van der Waals surface area (Å²) in [5, 5.41) is 0. The van der Waals surface area contributed by atoms with Gasteiger partial charge in [-0.1, -0.05) is 52.5 Å². The second-order valence-electron chi connectivity index (χ2n) is 1.90. The molecule has 0 spiro atoms. The van der Waals surface area contributed by atoms with Crippen molar-refractivity contribution in [1.29, 1.82) is 0 Å². The van der Waals surface area contributed by atoms with Gasteiger partial charge in [0.1, 0.15) is 0 Å². The summed E-state index contributed by atoms with van der Waals surface area (Å²) < 4.78 is 0. The molecular formula is C14H20N2Y2-2. The molecule has 0 aromatic carbocycles. The van der Waals surface area contributed by atoms with E-state index in [1.165, 1.54) is 0 Å². The molecule has 4 heteroatoms. The molecule has 2 radical (unpaired) electrons. The summed E-state index contributed by atoms with van der Waals surface area (Å²) in [6, 6.07) is 12.8.